The number of nitrogens with zero attached hydrogens (tertiary/aromatic N) is 1. The third-order valence-electron chi connectivity index (χ3n) is 2.74. The number of carbonyl (C=O) groups is 2. The smallest absolute Gasteiger partial charge is 0.309 e. The van der Waals surface area contributed by atoms with Crippen LogP contribution >= 0.6 is 11.3 Å². The normalized spacial score (nSPS) is 25.9. The Morgan fingerprint density at radius 2 is 2.40 bits per heavy atom. The number of aliphatic carboxylic acids is 1. The largest absolute Gasteiger partial charge is 0.481 e. The molecule has 2 heterocycles. The summed E-state index contributed by atoms with van der Waals surface area (Å²) in [6.07, 6.45) is 0.106. The fourth-order valence-electron chi connectivity index (χ4n) is 1.94. The molecular formula is C10H11NO3S. The predicted molar refractivity (Wildman–Crippen MR) is 55.6 cm³/mol. The van der Waals surface area contributed by atoms with Crippen LogP contribution in [0.15, 0.2) is 17.5 Å². The van der Waals surface area contributed by atoms with E-state index in [1.807, 2.05) is 17.5 Å². The van der Waals surface area contributed by atoms with Crippen LogP contribution in [0.2, 0.25) is 0 Å². The minimum atomic E-state index is -0.897. The van der Waals surface area contributed by atoms with Gasteiger partial charge in [-0.05, 0) is 11.4 Å². The average Bonchev–Trinajstić information content (AvgIpc) is 2.76. The third-order valence-corrected chi connectivity index (χ3v) is 3.68. The van der Waals surface area contributed by atoms with Gasteiger partial charge < -0.3 is 10.0 Å². The first kappa shape index (κ1) is 10.2. The van der Waals surface area contributed by atoms with Crippen LogP contribution in [-0.4, -0.2) is 28.9 Å². The van der Waals surface area contributed by atoms with Crippen molar-refractivity contribution in [3.8, 4) is 0 Å². The van der Waals surface area contributed by atoms with Gasteiger partial charge in [0.25, 0.3) is 0 Å². The van der Waals surface area contributed by atoms with Crippen molar-refractivity contribution < 1.29 is 14.7 Å². The molecule has 1 fully saturated rings. The monoisotopic (exact) mass is 225 g/mol. The highest BCUT2D eigenvalue weighted by Crippen LogP contribution is 2.38. The molecule has 1 aliphatic heterocycles. The van der Waals surface area contributed by atoms with Gasteiger partial charge in [-0.15, -0.1) is 11.3 Å². The molecule has 2 atom stereocenters. The fraction of sp³-hybridized carbons (Fsp3) is 0.400. The van der Waals surface area contributed by atoms with Gasteiger partial charge >= 0.3 is 5.97 Å². The molecule has 1 aliphatic rings. The number of carboxylic acids is 1. The van der Waals surface area contributed by atoms with Gasteiger partial charge in [-0.1, -0.05) is 6.07 Å². The molecule has 0 aliphatic carbocycles. The Bertz CT molecular complexity index is 387. The second-order valence-corrected chi connectivity index (χ2v) is 4.59. The molecular weight excluding hydrogens is 214 g/mol. The molecule has 5 heteroatoms. The lowest BCUT2D eigenvalue weighted by molar-refractivity contribution is -0.142. The van der Waals surface area contributed by atoms with Crippen molar-refractivity contribution >= 4 is 23.2 Å². The topological polar surface area (TPSA) is 57.6 Å². The van der Waals surface area contributed by atoms with Gasteiger partial charge in [0, 0.05) is 18.3 Å². The van der Waals surface area contributed by atoms with Crippen molar-refractivity contribution in [3.05, 3.63) is 22.4 Å². The first-order chi connectivity index (χ1) is 7.11. The number of hydrogen-bond acceptors (Lipinski definition) is 3. The summed E-state index contributed by atoms with van der Waals surface area (Å²) in [7, 11) is 1.66. The van der Waals surface area contributed by atoms with Crippen molar-refractivity contribution in [1.82, 2.24) is 4.90 Å². The number of rotatable bonds is 2. The van der Waals surface area contributed by atoms with E-state index in [1.165, 1.54) is 16.2 Å². The molecule has 0 aromatic carbocycles. The summed E-state index contributed by atoms with van der Waals surface area (Å²) in [4.78, 5) is 25.0. The number of hydrogen-bond donors (Lipinski definition) is 1. The summed E-state index contributed by atoms with van der Waals surface area (Å²) in [5, 5.41) is 10.9. The Hall–Kier alpha value is -1.36. The van der Waals surface area contributed by atoms with Crippen LogP contribution in [0.1, 0.15) is 17.3 Å². The van der Waals surface area contributed by atoms with Crippen LogP contribution in [-0.2, 0) is 9.59 Å². The van der Waals surface area contributed by atoms with Gasteiger partial charge in [0.15, 0.2) is 0 Å². The summed E-state index contributed by atoms with van der Waals surface area (Å²) in [5.74, 6) is -1.60. The van der Waals surface area contributed by atoms with Crippen molar-refractivity contribution in [2.45, 2.75) is 12.5 Å². The van der Waals surface area contributed by atoms with Gasteiger partial charge in [-0.2, -0.15) is 0 Å². The Morgan fingerprint density at radius 1 is 1.67 bits per heavy atom. The molecule has 0 radical (unpaired) electrons. The Morgan fingerprint density at radius 3 is 2.93 bits per heavy atom. The third kappa shape index (κ3) is 1.63. The fourth-order valence-corrected chi connectivity index (χ4v) is 2.87. The van der Waals surface area contributed by atoms with Crippen LogP contribution in [0.5, 0.6) is 0 Å². The highest BCUT2D eigenvalue weighted by atomic mass is 32.1. The zero-order chi connectivity index (χ0) is 11.0. The van der Waals surface area contributed by atoms with E-state index in [0.29, 0.717) is 0 Å². The maximum Gasteiger partial charge on any atom is 0.309 e. The lowest BCUT2D eigenvalue weighted by Crippen LogP contribution is -2.26. The van der Waals surface area contributed by atoms with E-state index in [4.69, 9.17) is 5.11 Å². The lowest BCUT2D eigenvalue weighted by Gasteiger charge is -2.21. The van der Waals surface area contributed by atoms with Crippen LogP contribution < -0.4 is 0 Å². The molecule has 0 saturated carbocycles. The molecule has 0 unspecified atom stereocenters. The molecule has 4 nitrogen and oxygen atoms in total. The molecule has 1 amide bonds. The number of thiophene rings is 1. The summed E-state index contributed by atoms with van der Waals surface area (Å²) < 4.78 is 0. The second kappa shape index (κ2) is 3.66. The molecule has 2 rings (SSSR count). The van der Waals surface area contributed by atoms with Gasteiger partial charge in [0.2, 0.25) is 5.91 Å². The van der Waals surface area contributed by atoms with Crippen molar-refractivity contribution in [3.63, 3.8) is 0 Å². The first-order valence-electron chi connectivity index (χ1n) is 4.63. The molecule has 0 spiro atoms. The van der Waals surface area contributed by atoms with Crippen LogP contribution in [0.25, 0.3) is 0 Å². The zero-order valence-corrected chi connectivity index (χ0v) is 9.03. The lowest BCUT2D eigenvalue weighted by atomic mass is 9.99. The molecule has 1 saturated heterocycles. The predicted octanol–water partition coefficient (Wildman–Crippen LogP) is 1.35. The van der Waals surface area contributed by atoms with E-state index >= 15 is 0 Å². The number of carboxylic acid groups (broad SMARTS) is 1. The SMILES string of the molecule is CN1C(=O)C[C@@H](C(=O)O)[C@H]1c1cccs1. The number of carbonyl (C=O) groups excluding carboxylic acids is 1. The van der Waals surface area contributed by atoms with Crippen molar-refractivity contribution in [1.29, 1.82) is 0 Å². The quantitative estimate of drug-likeness (QED) is 0.826. The standard InChI is InChI=1S/C10H11NO3S/c1-11-8(12)5-6(10(13)14)9(11)7-3-2-4-15-7/h2-4,6,9H,5H2,1H3,(H,13,14)/t6-,9+/m1/s1. The van der Waals surface area contributed by atoms with E-state index in [-0.39, 0.29) is 18.4 Å². The maximum absolute atomic E-state index is 11.5. The summed E-state index contributed by atoms with van der Waals surface area (Å²) in [6.45, 7) is 0. The van der Waals surface area contributed by atoms with Crippen molar-refractivity contribution in [2.24, 2.45) is 5.92 Å². The van der Waals surface area contributed by atoms with E-state index in [2.05, 4.69) is 0 Å². The van der Waals surface area contributed by atoms with E-state index in [1.54, 1.807) is 7.05 Å². The highest BCUT2D eigenvalue weighted by molar-refractivity contribution is 7.10. The molecule has 80 valence electrons. The van der Waals surface area contributed by atoms with Gasteiger partial charge in [-0.25, -0.2) is 0 Å². The summed E-state index contributed by atoms with van der Waals surface area (Å²) in [6, 6.07) is 3.45. The van der Waals surface area contributed by atoms with Crippen LogP contribution in [0, 0.1) is 5.92 Å². The van der Waals surface area contributed by atoms with Gasteiger partial charge in [-0.3, -0.25) is 9.59 Å². The van der Waals surface area contributed by atoms with Gasteiger partial charge in [0.05, 0.1) is 12.0 Å². The van der Waals surface area contributed by atoms with Crippen molar-refractivity contribution in [2.75, 3.05) is 7.05 Å². The number of amides is 1. The Kier molecular flexibility index (Phi) is 2.48. The molecule has 1 aromatic heterocycles. The molecule has 1 N–H and O–H groups in total. The van der Waals surface area contributed by atoms with E-state index < -0.39 is 11.9 Å². The average molecular weight is 225 g/mol. The molecule has 15 heavy (non-hydrogen) atoms. The number of likely N-dealkylation sites (tertiary alicyclic amines) is 1. The van der Waals surface area contributed by atoms with Crippen LogP contribution in [0.3, 0.4) is 0 Å². The minimum absolute atomic E-state index is 0.0965. The molecule has 0 bridgehead atoms. The molecule has 1 aromatic rings. The zero-order valence-electron chi connectivity index (χ0n) is 8.21. The summed E-state index contributed by atoms with van der Waals surface area (Å²) >= 11 is 1.49. The Labute approximate surface area is 91.1 Å². The first-order valence-corrected chi connectivity index (χ1v) is 5.51. The van der Waals surface area contributed by atoms with E-state index in [0.717, 1.165) is 4.88 Å². The maximum atomic E-state index is 11.5. The summed E-state index contributed by atoms with van der Waals surface area (Å²) in [5.41, 5.74) is 0. The second-order valence-electron chi connectivity index (χ2n) is 3.61. The van der Waals surface area contributed by atoms with E-state index in [9.17, 15) is 9.59 Å². The Balaban J connectivity index is 2.34. The highest BCUT2D eigenvalue weighted by Gasteiger charge is 2.43. The minimum Gasteiger partial charge on any atom is -0.481 e. The van der Waals surface area contributed by atoms with Crippen LogP contribution in [0.4, 0.5) is 0 Å². The van der Waals surface area contributed by atoms with Gasteiger partial charge in [0.1, 0.15) is 0 Å².